The van der Waals surface area contributed by atoms with Crippen molar-refractivity contribution in [3.05, 3.63) is 12.2 Å². The molecule has 0 aliphatic carbocycles. The summed E-state index contributed by atoms with van der Waals surface area (Å²) in [6.07, 6.45) is 17.9. The number of hydrogen-bond donors (Lipinski definition) is 1. The summed E-state index contributed by atoms with van der Waals surface area (Å²) in [5.41, 5.74) is 0. The van der Waals surface area contributed by atoms with Gasteiger partial charge in [-0.1, -0.05) is 44.3 Å². The number of rotatable bonds is 14. The molecule has 118 valence electrons. The van der Waals surface area contributed by atoms with E-state index in [9.17, 15) is 4.79 Å². The van der Waals surface area contributed by atoms with Crippen LogP contribution < -0.4 is 0 Å². The first kappa shape index (κ1) is 19.2. The fourth-order valence-electron chi connectivity index (χ4n) is 2.13. The van der Waals surface area contributed by atoms with E-state index in [0.29, 0.717) is 13.0 Å². The molecule has 3 heteroatoms. The Morgan fingerprint density at radius 3 is 1.90 bits per heavy atom. The Morgan fingerprint density at radius 2 is 1.35 bits per heavy atom. The topological polar surface area (TPSA) is 46.5 Å². The van der Waals surface area contributed by atoms with Gasteiger partial charge in [0.15, 0.2) is 0 Å². The van der Waals surface area contributed by atoms with Crippen molar-refractivity contribution in [3.63, 3.8) is 0 Å². The molecule has 0 aromatic heterocycles. The first-order valence-electron chi connectivity index (χ1n) is 8.14. The summed E-state index contributed by atoms with van der Waals surface area (Å²) in [5, 5.41) is 8.64. The standard InChI is InChI=1S/C17H32O3/c1-20-17(19)15-13-11-9-7-5-3-2-4-6-8-10-12-14-16-18/h6,8,18H,2-5,7,9-16H2,1H3. The molecule has 0 spiro atoms. The van der Waals surface area contributed by atoms with Crippen LogP contribution in [0.2, 0.25) is 0 Å². The molecule has 0 aliphatic heterocycles. The van der Waals surface area contributed by atoms with E-state index >= 15 is 0 Å². The third kappa shape index (κ3) is 15.2. The van der Waals surface area contributed by atoms with E-state index in [0.717, 1.165) is 32.1 Å². The number of methoxy groups -OCH3 is 1. The van der Waals surface area contributed by atoms with Gasteiger partial charge in [-0.3, -0.25) is 4.79 Å². The first-order valence-corrected chi connectivity index (χ1v) is 8.14. The molecule has 3 nitrogen and oxygen atoms in total. The van der Waals surface area contributed by atoms with Gasteiger partial charge in [0.05, 0.1) is 7.11 Å². The molecule has 0 aromatic carbocycles. The van der Waals surface area contributed by atoms with E-state index in [-0.39, 0.29) is 5.97 Å². The molecule has 0 fully saturated rings. The minimum Gasteiger partial charge on any atom is -0.469 e. The molecule has 0 atom stereocenters. The second kappa shape index (κ2) is 16.2. The Labute approximate surface area is 124 Å². The molecule has 0 unspecified atom stereocenters. The number of aliphatic hydroxyl groups is 1. The summed E-state index contributed by atoms with van der Waals surface area (Å²) in [5.74, 6) is -0.0872. The first-order chi connectivity index (χ1) is 9.81. The number of carbonyl (C=O) groups excluding carboxylic acids is 1. The molecule has 0 radical (unpaired) electrons. The molecule has 20 heavy (non-hydrogen) atoms. The number of esters is 1. The molecular formula is C17H32O3. The Hall–Kier alpha value is -0.830. The zero-order chi connectivity index (χ0) is 14.9. The van der Waals surface area contributed by atoms with Crippen LogP contribution in [0.4, 0.5) is 0 Å². The van der Waals surface area contributed by atoms with Gasteiger partial charge in [0.2, 0.25) is 0 Å². The van der Waals surface area contributed by atoms with E-state index in [2.05, 4.69) is 16.9 Å². The van der Waals surface area contributed by atoms with Gasteiger partial charge in [-0.25, -0.2) is 0 Å². The highest BCUT2D eigenvalue weighted by atomic mass is 16.5. The van der Waals surface area contributed by atoms with Crippen LogP contribution in [0.15, 0.2) is 12.2 Å². The van der Waals surface area contributed by atoms with Crippen molar-refractivity contribution < 1.29 is 14.6 Å². The van der Waals surface area contributed by atoms with Gasteiger partial charge in [0.1, 0.15) is 0 Å². The summed E-state index contributed by atoms with van der Waals surface area (Å²) < 4.78 is 4.61. The average molecular weight is 284 g/mol. The molecule has 0 aliphatic rings. The van der Waals surface area contributed by atoms with Crippen LogP contribution in [-0.4, -0.2) is 24.8 Å². The maximum Gasteiger partial charge on any atom is 0.305 e. The molecule has 0 heterocycles. The molecule has 0 aromatic rings. The van der Waals surface area contributed by atoms with Crippen LogP contribution in [0.25, 0.3) is 0 Å². The second-order valence-corrected chi connectivity index (χ2v) is 5.28. The number of hydrogen-bond acceptors (Lipinski definition) is 3. The lowest BCUT2D eigenvalue weighted by atomic mass is 10.1. The maximum absolute atomic E-state index is 10.9. The van der Waals surface area contributed by atoms with Gasteiger partial charge in [-0.05, 0) is 38.5 Å². The van der Waals surface area contributed by atoms with Gasteiger partial charge < -0.3 is 9.84 Å². The number of unbranched alkanes of at least 4 members (excludes halogenated alkanes) is 9. The van der Waals surface area contributed by atoms with E-state index < -0.39 is 0 Å². The predicted molar refractivity (Wildman–Crippen MR) is 83.6 cm³/mol. The SMILES string of the molecule is COC(=O)CCCCCCCCCC=CCCCCO. The highest BCUT2D eigenvalue weighted by Crippen LogP contribution is 2.10. The van der Waals surface area contributed by atoms with Crippen molar-refractivity contribution in [1.82, 2.24) is 0 Å². The molecular weight excluding hydrogens is 252 g/mol. The highest BCUT2D eigenvalue weighted by Gasteiger charge is 1.98. The Kier molecular flexibility index (Phi) is 15.6. The zero-order valence-corrected chi connectivity index (χ0v) is 13.1. The van der Waals surface area contributed by atoms with E-state index in [1.54, 1.807) is 0 Å². The van der Waals surface area contributed by atoms with Crippen molar-refractivity contribution in [3.8, 4) is 0 Å². The minimum atomic E-state index is -0.0872. The largest absolute Gasteiger partial charge is 0.469 e. The molecule has 1 N–H and O–H groups in total. The normalized spacial score (nSPS) is 11.1. The fourth-order valence-corrected chi connectivity index (χ4v) is 2.13. The van der Waals surface area contributed by atoms with E-state index in [1.807, 2.05) is 0 Å². The second-order valence-electron chi connectivity index (χ2n) is 5.28. The van der Waals surface area contributed by atoms with Crippen molar-refractivity contribution in [2.24, 2.45) is 0 Å². The van der Waals surface area contributed by atoms with Crippen LogP contribution in [0.5, 0.6) is 0 Å². The predicted octanol–water partition coefficient (Wildman–Crippen LogP) is 4.39. The maximum atomic E-state index is 10.9. The summed E-state index contributed by atoms with van der Waals surface area (Å²) in [6.45, 7) is 0.313. The number of aliphatic hydroxyl groups excluding tert-OH is 1. The van der Waals surface area contributed by atoms with Crippen LogP contribution in [0, 0.1) is 0 Å². The van der Waals surface area contributed by atoms with Crippen molar-refractivity contribution in [2.75, 3.05) is 13.7 Å². The van der Waals surface area contributed by atoms with Crippen LogP contribution in [-0.2, 0) is 9.53 Å². The monoisotopic (exact) mass is 284 g/mol. The quantitative estimate of drug-likeness (QED) is 0.292. The van der Waals surface area contributed by atoms with Crippen LogP contribution in [0.1, 0.15) is 77.0 Å². The summed E-state index contributed by atoms with van der Waals surface area (Å²) in [6, 6.07) is 0. The summed E-state index contributed by atoms with van der Waals surface area (Å²) in [4.78, 5) is 10.9. The van der Waals surface area contributed by atoms with Crippen LogP contribution >= 0.6 is 0 Å². The number of ether oxygens (including phenoxy) is 1. The molecule has 0 bridgehead atoms. The summed E-state index contributed by atoms with van der Waals surface area (Å²) >= 11 is 0. The van der Waals surface area contributed by atoms with Gasteiger partial charge >= 0.3 is 5.97 Å². The van der Waals surface area contributed by atoms with Crippen LogP contribution in [0.3, 0.4) is 0 Å². The van der Waals surface area contributed by atoms with E-state index in [4.69, 9.17) is 5.11 Å². The number of allylic oxidation sites excluding steroid dienone is 2. The van der Waals surface area contributed by atoms with Crippen molar-refractivity contribution in [2.45, 2.75) is 77.0 Å². The lowest BCUT2D eigenvalue weighted by Gasteiger charge is -2.01. The molecule has 0 amide bonds. The Morgan fingerprint density at radius 1 is 0.850 bits per heavy atom. The van der Waals surface area contributed by atoms with Crippen molar-refractivity contribution >= 4 is 5.97 Å². The smallest absolute Gasteiger partial charge is 0.305 e. The average Bonchev–Trinajstić information content (AvgIpc) is 2.47. The van der Waals surface area contributed by atoms with E-state index in [1.165, 1.54) is 45.6 Å². The van der Waals surface area contributed by atoms with Gasteiger partial charge in [0, 0.05) is 13.0 Å². The number of carbonyl (C=O) groups is 1. The van der Waals surface area contributed by atoms with Gasteiger partial charge in [-0.2, -0.15) is 0 Å². The Bertz CT molecular complexity index is 236. The third-order valence-electron chi connectivity index (χ3n) is 3.42. The highest BCUT2D eigenvalue weighted by molar-refractivity contribution is 5.68. The van der Waals surface area contributed by atoms with Gasteiger partial charge in [0.25, 0.3) is 0 Å². The minimum absolute atomic E-state index is 0.0872. The summed E-state index contributed by atoms with van der Waals surface area (Å²) in [7, 11) is 1.45. The van der Waals surface area contributed by atoms with Crippen molar-refractivity contribution in [1.29, 1.82) is 0 Å². The third-order valence-corrected chi connectivity index (χ3v) is 3.42. The zero-order valence-electron chi connectivity index (χ0n) is 13.1. The molecule has 0 saturated heterocycles. The lowest BCUT2D eigenvalue weighted by Crippen LogP contribution is -1.99. The molecule has 0 rings (SSSR count). The Balaban J connectivity index is 3.07. The lowest BCUT2D eigenvalue weighted by molar-refractivity contribution is -0.140. The van der Waals surface area contributed by atoms with Gasteiger partial charge in [-0.15, -0.1) is 0 Å². The molecule has 0 saturated carbocycles. The fraction of sp³-hybridized carbons (Fsp3) is 0.824.